The van der Waals surface area contributed by atoms with Crippen LogP contribution in [-0.2, 0) is 0 Å². The number of aromatic nitrogens is 2. The van der Waals surface area contributed by atoms with Crippen LogP contribution >= 0.6 is 11.3 Å². The van der Waals surface area contributed by atoms with Gasteiger partial charge in [0.05, 0.1) is 11.0 Å². The first kappa shape index (κ1) is 13.8. The number of rotatable bonds is 3. The SMILES string of the molecule is CC1(C)CCC(O)(CNc2ncnc3sccc23)CC1. The zero-order valence-electron chi connectivity index (χ0n) is 12.0. The highest BCUT2D eigenvalue weighted by molar-refractivity contribution is 7.16. The van der Waals surface area contributed by atoms with E-state index in [1.807, 2.05) is 11.4 Å². The number of thiophene rings is 1. The van der Waals surface area contributed by atoms with E-state index in [0.717, 1.165) is 41.7 Å². The van der Waals surface area contributed by atoms with Crippen LogP contribution in [0.2, 0.25) is 0 Å². The van der Waals surface area contributed by atoms with Crippen LogP contribution in [0.1, 0.15) is 39.5 Å². The third-order valence-electron chi connectivity index (χ3n) is 4.38. The quantitative estimate of drug-likeness (QED) is 0.909. The standard InChI is InChI=1S/C15H21N3OS/c1-14(2)4-6-15(19,7-5-14)9-16-12-11-3-8-20-13(11)18-10-17-12/h3,8,10,19H,4-7,9H2,1-2H3,(H,16,17,18). The molecule has 2 aromatic rings. The molecule has 0 spiro atoms. The normalized spacial score (nSPS) is 20.9. The first-order valence-corrected chi connectivity index (χ1v) is 8.00. The summed E-state index contributed by atoms with van der Waals surface area (Å²) in [5.74, 6) is 0.828. The highest BCUT2D eigenvalue weighted by Crippen LogP contribution is 2.40. The first-order chi connectivity index (χ1) is 9.48. The van der Waals surface area contributed by atoms with Gasteiger partial charge in [-0.25, -0.2) is 9.97 Å². The monoisotopic (exact) mass is 291 g/mol. The average molecular weight is 291 g/mol. The van der Waals surface area contributed by atoms with Gasteiger partial charge < -0.3 is 10.4 Å². The lowest BCUT2D eigenvalue weighted by Crippen LogP contribution is -2.42. The van der Waals surface area contributed by atoms with Gasteiger partial charge in [-0.3, -0.25) is 0 Å². The van der Waals surface area contributed by atoms with Crippen molar-refractivity contribution in [3.05, 3.63) is 17.8 Å². The number of hydrogen-bond acceptors (Lipinski definition) is 5. The van der Waals surface area contributed by atoms with E-state index in [-0.39, 0.29) is 0 Å². The highest BCUT2D eigenvalue weighted by atomic mass is 32.1. The summed E-state index contributed by atoms with van der Waals surface area (Å²) >= 11 is 1.61. The summed E-state index contributed by atoms with van der Waals surface area (Å²) in [5.41, 5.74) is -0.245. The zero-order chi connectivity index (χ0) is 14.2. The van der Waals surface area contributed by atoms with Gasteiger partial charge in [-0.1, -0.05) is 13.8 Å². The Hall–Kier alpha value is -1.20. The molecule has 5 heteroatoms. The Bertz CT molecular complexity index is 598. The Morgan fingerprint density at radius 3 is 2.75 bits per heavy atom. The molecule has 0 bridgehead atoms. The molecule has 0 aromatic carbocycles. The molecule has 3 rings (SSSR count). The van der Waals surface area contributed by atoms with Gasteiger partial charge >= 0.3 is 0 Å². The van der Waals surface area contributed by atoms with Crippen LogP contribution in [0.3, 0.4) is 0 Å². The number of hydrogen-bond donors (Lipinski definition) is 2. The highest BCUT2D eigenvalue weighted by Gasteiger charge is 2.36. The van der Waals surface area contributed by atoms with Crippen molar-refractivity contribution in [2.75, 3.05) is 11.9 Å². The van der Waals surface area contributed by atoms with Gasteiger partial charge in [0.1, 0.15) is 17.0 Å². The molecule has 0 atom stereocenters. The Labute approximate surface area is 123 Å². The summed E-state index contributed by atoms with van der Waals surface area (Å²) in [4.78, 5) is 9.52. The molecule has 1 fully saturated rings. The van der Waals surface area contributed by atoms with Crippen LogP contribution < -0.4 is 5.32 Å². The molecular formula is C15H21N3OS. The van der Waals surface area contributed by atoms with Gasteiger partial charge in [-0.05, 0) is 42.5 Å². The van der Waals surface area contributed by atoms with Crippen LogP contribution in [-0.4, -0.2) is 27.2 Å². The Morgan fingerprint density at radius 1 is 1.25 bits per heavy atom. The molecule has 0 amide bonds. The summed E-state index contributed by atoms with van der Waals surface area (Å²) in [6, 6.07) is 2.02. The van der Waals surface area contributed by atoms with E-state index in [9.17, 15) is 5.11 Å². The molecule has 1 aliphatic rings. The fourth-order valence-electron chi connectivity index (χ4n) is 2.75. The van der Waals surface area contributed by atoms with Crippen molar-refractivity contribution in [2.45, 2.75) is 45.1 Å². The number of aliphatic hydroxyl groups is 1. The van der Waals surface area contributed by atoms with Crippen molar-refractivity contribution < 1.29 is 5.11 Å². The number of fused-ring (bicyclic) bond motifs is 1. The smallest absolute Gasteiger partial charge is 0.138 e. The third-order valence-corrected chi connectivity index (χ3v) is 5.20. The summed E-state index contributed by atoms with van der Waals surface area (Å²) in [6.45, 7) is 5.11. The Morgan fingerprint density at radius 2 is 2.00 bits per heavy atom. The third kappa shape index (κ3) is 2.79. The molecular weight excluding hydrogens is 270 g/mol. The molecule has 2 N–H and O–H groups in total. The molecule has 0 unspecified atom stereocenters. The number of nitrogens with zero attached hydrogens (tertiary/aromatic N) is 2. The van der Waals surface area contributed by atoms with Crippen LogP contribution in [0.15, 0.2) is 17.8 Å². The largest absolute Gasteiger partial charge is 0.388 e. The Kier molecular flexibility index (Phi) is 3.42. The van der Waals surface area contributed by atoms with Gasteiger partial charge in [-0.15, -0.1) is 11.3 Å². The summed E-state index contributed by atoms with van der Waals surface area (Å²) < 4.78 is 0. The molecule has 2 heterocycles. The van der Waals surface area contributed by atoms with Crippen molar-refractivity contribution in [3.63, 3.8) is 0 Å². The lowest BCUT2D eigenvalue weighted by atomic mass is 9.71. The van der Waals surface area contributed by atoms with Gasteiger partial charge in [-0.2, -0.15) is 0 Å². The van der Waals surface area contributed by atoms with Gasteiger partial charge in [0, 0.05) is 6.54 Å². The second-order valence-electron chi connectivity index (χ2n) is 6.60. The van der Waals surface area contributed by atoms with E-state index in [1.54, 1.807) is 17.7 Å². The van der Waals surface area contributed by atoms with E-state index in [1.165, 1.54) is 0 Å². The van der Waals surface area contributed by atoms with E-state index in [0.29, 0.717) is 12.0 Å². The van der Waals surface area contributed by atoms with Crippen molar-refractivity contribution in [1.29, 1.82) is 0 Å². The van der Waals surface area contributed by atoms with E-state index in [2.05, 4.69) is 29.1 Å². The Balaban J connectivity index is 1.69. The minimum atomic E-state index is -0.608. The molecule has 108 valence electrons. The summed E-state index contributed by atoms with van der Waals surface area (Å²) in [5, 5.41) is 17.1. The van der Waals surface area contributed by atoms with Crippen molar-refractivity contribution in [3.8, 4) is 0 Å². The van der Waals surface area contributed by atoms with E-state index in [4.69, 9.17) is 0 Å². The number of anilines is 1. The minimum absolute atomic E-state index is 0.363. The molecule has 4 nitrogen and oxygen atoms in total. The van der Waals surface area contributed by atoms with Crippen LogP contribution in [0.5, 0.6) is 0 Å². The van der Waals surface area contributed by atoms with Crippen molar-refractivity contribution in [1.82, 2.24) is 9.97 Å². The second kappa shape index (κ2) is 4.97. The predicted molar refractivity (Wildman–Crippen MR) is 83.1 cm³/mol. The van der Waals surface area contributed by atoms with Gasteiger partial charge in [0.15, 0.2) is 0 Å². The molecule has 0 aliphatic heterocycles. The maximum Gasteiger partial charge on any atom is 0.138 e. The van der Waals surface area contributed by atoms with Crippen molar-refractivity contribution >= 4 is 27.4 Å². The molecule has 2 aromatic heterocycles. The molecule has 1 aliphatic carbocycles. The van der Waals surface area contributed by atoms with Crippen LogP contribution in [0.4, 0.5) is 5.82 Å². The lowest BCUT2D eigenvalue weighted by Gasteiger charge is -2.40. The van der Waals surface area contributed by atoms with Gasteiger partial charge in [0.2, 0.25) is 0 Å². The zero-order valence-corrected chi connectivity index (χ0v) is 12.8. The molecule has 1 saturated carbocycles. The molecule has 0 radical (unpaired) electrons. The fraction of sp³-hybridized carbons (Fsp3) is 0.600. The maximum atomic E-state index is 10.7. The predicted octanol–water partition coefficient (Wildman–Crippen LogP) is 3.43. The summed E-state index contributed by atoms with van der Waals surface area (Å²) in [7, 11) is 0. The maximum absolute atomic E-state index is 10.7. The first-order valence-electron chi connectivity index (χ1n) is 7.12. The topological polar surface area (TPSA) is 58.0 Å². The number of nitrogens with one attached hydrogen (secondary N) is 1. The molecule has 0 saturated heterocycles. The minimum Gasteiger partial charge on any atom is -0.388 e. The van der Waals surface area contributed by atoms with Crippen LogP contribution in [0, 0.1) is 5.41 Å². The fourth-order valence-corrected chi connectivity index (χ4v) is 3.48. The van der Waals surface area contributed by atoms with E-state index >= 15 is 0 Å². The lowest BCUT2D eigenvalue weighted by molar-refractivity contribution is -0.0145. The van der Waals surface area contributed by atoms with Gasteiger partial charge in [0.25, 0.3) is 0 Å². The summed E-state index contributed by atoms with van der Waals surface area (Å²) in [6.07, 6.45) is 5.43. The van der Waals surface area contributed by atoms with E-state index < -0.39 is 5.60 Å². The van der Waals surface area contributed by atoms with Crippen LogP contribution in [0.25, 0.3) is 10.2 Å². The average Bonchev–Trinajstić information content (AvgIpc) is 2.89. The second-order valence-corrected chi connectivity index (χ2v) is 7.50. The van der Waals surface area contributed by atoms with Crippen molar-refractivity contribution in [2.24, 2.45) is 5.41 Å². The molecule has 20 heavy (non-hydrogen) atoms.